The van der Waals surface area contributed by atoms with Crippen molar-refractivity contribution < 1.29 is 7.54 Å². The lowest BCUT2D eigenvalue weighted by Gasteiger charge is -2.07. The Morgan fingerprint density at radius 1 is 1.07 bits per heavy atom. The van der Waals surface area contributed by atoms with Gasteiger partial charge in [0.25, 0.3) is 0 Å². The molecular weight excluding hydrogens is 334 g/mol. The molecule has 0 bridgehead atoms. The Kier molecular flexibility index (Phi) is 3.94. The largest absolute Gasteiger partial charge is 0.334 e. The molecule has 4 aromatic rings. The van der Waals surface area contributed by atoms with Crippen molar-refractivity contribution in [1.82, 2.24) is 14.5 Å². The lowest BCUT2D eigenvalue weighted by molar-refractivity contribution is -0.117. The number of Topliss-reactive ketones (excluding diaryl/α,β-unsaturated/α-hetero) is 1. The van der Waals surface area contributed by atoms with E-state index in [-0.39, 0.29) is 6.42 Å². The summed E-state index contributed by atoms with van der Waals surface area (Å²) in [5, 5.41) is 1.92. The summed E-state index contributed by atoms with van der Waals surface area (Å²) in [6.07, 6.45) is 3.17. The molecule has 0 aliphatic rings. The van der Waals surface area contributed by atoms with Crippen LogP contribution in [0.15, 0.2) is 67.3 Å². The van der Waals surface area contributed by atoms with E-state index in [1.165, 1.54) is 0 Å². The van der Waals surface area contributed by atoms with Gasteiger partial charge in [-0.05, 0) is 30.0 Å². The SMILES string of the molecule is [2H]C([2H])(C(=O)Cc1cc2cc(-c3cncn3C)ccc2cn1)c1ccc(C)cc1. The third kappa shape index (κ3) is 3.80. The molecule has 134 valence electrons. The second-order valence-corrected chi connectivity index (χ2v) is 6.72. The molecule has 4 rings (SSSR count). The maximum absolute atomic E-state index is 12.7. The fraction of sp³-hybridized carbons (Fsp3) is 0.174. The van der Waals surface area contributed by atoms with Crippen LogP contribution in [0, 0.1) is 6.92 Å². The molecule has 0 aliphatic heterocycles. The Balaban J connectivity index is 1.63. The van der Waals surface area contributed by atoms with Crippen molar-refractivity contribution in [3.8, 4) is 11.3 Å². The van der Waals surface area contributed by atoms with Gasteiger partial charge in [-0.3, -0.25) is 9.78 Å². The number of hydrogen-bond acceptors (Lipinski definition) is 3. The molecule has 4 nitrogen and oxygen atoms in total. The normalized spacial score (nSPS) is 12.7. The predicted octanol–water partition coefficient (Wildman–Crippen LogP) is 4.30. The van der Waals surface area contributed by atoms with Gasteiger partial charge in [-0.2, -0.15) is 0 Å². The average molecular weight is 357 g/mol. The first-order valence-electron chi connectivity index (χ1n) is 9.80. The van der Waals surface area contributed by atoms with Gasteiger partial charge in [-0.1, -0.05) is 42.0 Å². The number of pyridine rings is 1. The molecule has 4 heteroatoms. The van der Waals surface area contributed by atoms with E-state index in [2.05, 4.69) is 9.97 Å². The number of aryl methyl sites for hydroxylation is 2. The van der Waals surface area contributed by atoms with Gasteiger partial charge in [0.2, 0.25) is 0 Å². The molecule has 2 aromatic carbocycles. The Morgan fingerprint density at radius 3 is 2.63 bits per heavy atom. The molecule has 0 N–H and O–H groups in total. The summed E-state index contributed by atoms with van der Waals surface area (Å²) >= 11 is 0. The van der Waals surface area contributed by atoms with E-state index >= 15 is 0 Å². The molecule has 0 fully saturated rings. The van der Waals surface area contributed by atoms with Crippen LogP contribution in [-0.4, -0.2) is 20.3 Å². The Morgan fingerprint density at radius 2 is 1.89 bits per heavy atom. The van der Waals surface area contributed by atoms with Gasteiger partial charge in [0.05, 0.1) is 18.2 Å². The molecule has 0 unspecified atom stereocenters. The molecule has 0 atom stereocenters. The number of fused-ring (bicyclic) bond motifs is 1. The zero-order valence-electron chi connectivity index (χ0n) is 17.3. The van der Waals surface area contributed by atoms with Crippen molar-refractivity contribution in [2.75, 3.05) is 0 Å². The number of carbonyl (C=O) groups excluding carboxylic acids is 1. The highest BCUT2D eigenvalue weighted by Gasteiger charge is 2.09. The molecule has 0 spiro atoms. The summed E-state index contributed by atoms with van der Waals surface area (Å²) in [5.74, 6) is -0.504. The first kappa shape index (κ1) is 14.9. The summed E-state index contributed by atoms with van der Waals surface area (Å²) in [6.45, 7) is 1.93. The van der Waals surface area contributed by atoms with Gasteiger partial charge in [0, 0.05) is 45.4 Å². The monoisotopic (exact) mass is 357 g/mol. The van der Waals surface area contributed by atoms with Crippen LogP contribution in [0.1, 0.15) is 19.6 Å². The second kappa shape index (κ2) is 7.16. The summed E-state index contributed by atoms with van der Waals surface area (Å²) in [4.78, 5) is 21.3. The van der Waals surface area contributed by atoms with Crippen LogP contribution in [0.5, 0.6) is 0 Å². The molecule has 0 aliphatic carbocycles. The predicted molar refractivity (Wildman–Crippen MR) is 108 cm³/mol. The lowest BCUT2D eigenvalue weighted by atomic mass is 10.0. The number of benzene rings is 2. The van der Waals surface area contributed by atoms with Gasteiger partial charge < -0.3 is 4.57 Å². The summed E-state index contributed by atoms with van der Waals surface area (Å²) in [5.41, 5.74) is 3.97. The number of carbonyl (C=O) groups is 1. The summed E-state index contributed by atoms with van der Waals surface area (Å²) in [7, 11) is 1.94. The molecular formula is C23H21N3O. The zero-order valence-corrected chi connectivity index (χ0v) is 15.3. The number of aromatic nitrogens is 3. The van der Waals surface area contributed by atoms with Gasteiger partial charge in [-0.15, -0.1) is 0 Å². The van der Waals surface area contributed by atoms with Crippen molar-refractivity contribution in [2.24, 2.45) is 7.05 Å². The van der Waals surface area contributed by atoms with Gasteiger partial charge in [-0.25, -0.2) is 4.98 Å². The average Bonchev–Trinajstić information content (AvgIpc) is 3.13. The van der Waals surface area contributed by atoms with Gasteiger partial charge in [0.15, 0.2) is 0 Å². The maximum atomic E-state index is 12.7. The van der Waals surface area contributed by atoms with E-state index in [9.17, 15) is 4.79 Å². The van der Waals surface area contributed by atoms with Gasteiger partial charge >= 0.3 is 0 Å². The molecule has 2 heterocycles. The van der Waals surface area contributed by atoms with Crippen LogP contribution in [-0.2, 0) is 24.6 Å². The third-order valence-electron chi connectivity index (χ3n) is 4.57. The number of ketones is 1. The fourth-order valence-electron chi connectivity index (χ4n) is 3.08. The lowest BCUT2D eigenvalue weighted by Crippen LogP contribution is -2.07. The second-order valence-electron chi connectivity index (χ2n) is 6.72. The fourth-order valence-corrected chi connectivity index (χ4v) is 3.08. The van der Waals surface area contributed by atoms with E-state index in [4.69, 9.17) is 2.74 Å². The van der Waals surface area contributed by atoms with Crippen LogP contribution in [0.25, 0.3) is 22.0 Å². The highest BCUT2D eigenvalue weighted by atomic mass is 16.1. The first-order valence-corrected chi connectivity index (χ1v) is 8.80. The van der Waals surface area contributed by atoms with Crippen molar-refractivity contribution >= 4 is 16.6 Å². The molecule has 0 saturated carbocycles. The maximum Gasteiger partial charge on any atom is 0.143 e. The number of rotatable bonds is 5. The molecule has 2 aromatic heterocycles. The van der Waals surface area contributed by atoms with Crippen molar-refractivity contribution in [3.05, 3.63) is 84.1 Å². The van der Waals surface area contributed by atoms with Crippen LogP contribution >= 0.6 is 0 Å². The highest BCUT2D eigenvalue weighted by Crippen LogP contribution is 2.24. The number of imidazole rings is 1. The topological polar surface area (TPSA) is 47.8 Å². The van der Waals surface area contributed by atoms with E-state index in [1.54, 1.807) is 24.7 Å². The van der Waals surface area contributed by atoms with E-state index in [0.717, 1.165) is 27.6 Å². The molecule has 0 radical (unpaired) electrons. The standard InChI is InChI=1S/C23H21N3O/c1-16-3-5-17(6-4-16)9-22(27)12-21-11-20-10-18(7-8-19(20)13-25-21)23-14-24-15-26(23)2/h3-8,10-11,13-15H,9,12H2,1-2H3/i9D2. The molecule has 27 heavy (non-hydrogen) atoms. The van der Waals surface area contributed by atoms with E-state index < -0.39 is 12.2 Å². The van der Waals surface area contributed by atoms with Crippen molar-refractivity contribution in [3.63, 3.8) is 0 Å². The summed E-state index contributed by atoms with van der Waals surface area (Å²) in [6, 6.07) is 14.9. The van der Waals surface area contributed by atoms with Crippen LogP contribution < -0.4 is 0 Å². The summed E-state index contributed by atoms with van der Waals surface area (Å²) < 4.78 is 18.5. The third-order valence-corrected chi connectivity index (χ3v) is 4.57. The van der Waals surface area contributed by atoms with E-state index in [0.29, 0.717) is 11.3 Å². The van der Waals surface area contributed by atoms with Crippen LogP contribution in [0.3, 0.4) is 0 Å². The number of nitrogens with zero attached hydrogens (tertiary/aromatic N) is 3. The molecule has 0 amide bonds. The quantitative estimate of drug-likeness (QED) is 0.535. The van der Waals surface area contributed by atoms with Crippen molar-refractivity contribution in [1.29, 1.82) is 0 Å². The Hall–Kier alpha value is -3.27. The minimum absolute atomic E-state index is 0.0627. The smallest absolute Gasteiger partial charge is 0.143 e. The van der Waals surface area contributed by atoms with Gasteiger partial charge in [0.1, 0.15) is 5.78 Å². The van der Waals surface area contributed by atoms with Crippen molar-refractivity contribution in [2.45, 2.75) is 19.7 Å². The minimum atomic E-state index is -2.05. The molecule has 0 saturated heterocycles. The minimum Gasteiger partial charge on any atom is -0.334 e. The Bertz CT molecular complexity index is 1200. The first-order chi connectivity index (χ1) is 13.8. The van der Waals surface area contributed by atoms with Crippen LogP contribution in [0.4, 0.5) is 0 Å². The zero-order chi connectivity index (χ0) is 20.6. The van der Waals surface area contributed by atoms with E-state index in [1.807, 2.05) is 61.1 Å². The van der Waals surface area contributed by atoms with Crippen LogP contribution in [0.2, 0.25) is 0 Å². The highest BCUT2D eigenvalue weighted by molar-refractivity contribution is 5.88. The Labute approximate surface area is 161 Å². The number of hydrogen-bond donors (Lipinski definition) is 0.